The number of rotatable bonds is 4. The fraction of sp³-hybridized carbons (Fsp3) is 0.286. The van der Waals surface area contributed by atoms with E-state index in [0.29, 0.717) is 13.0 Å². The number of hydrogen-bond acceptors (Lipinski definition) is 6. The van der Waals surface area contributed by atoms with E-state index in [4.69, 9.17) is 14.2 Å². The van der Waals surface area contributed by atoms with Gasteiger partial charge in [0.25, 0.3) is 5.91 Å². The van der Waals surface area contributed by atoms with Crippen molar-refractivity contribution >= 4 is 5.91 Å². The summed E-state index contributed by atoms with van der Waals surface area (Å²) in [5.41, 5.74) is 5.56. The van der Waals surface area contributed by atoms with Crippen LogP contribution in [0.3, 0.4) is 0 Å². The minimum absolute atomic E-state index is 0.0500. The highest BCUT2D eigenvalue weighted by Gasteiger charge is 2.40. The Morgan fingerprint density at radius 1 is 1.11 bits per heavy atom. The fourth-order valence-electron chi connectivity index (χ4n) is 3.84. The number of hydrogen-bond donors (Lipinski definition) is 1. The van der Waals surface area contributed by atoms with Crippen molar-refractivity contribution in [1.82, 2.24) is 15.3 Å². The first-order valence-electron chi connectivity index (χ1n) is 9.27. The summed E-state index contributed by atoms with van der Waals surface area (Å²) in [5.74, 6) is 2.42. The molecule has 1 fully saturated rings. The maximum atomic E-state index is 13.0. The van der Waals surface area contributed by atoms with Gasteiger partial charge in [0, 0.05) is 12.4 Å². The van der Waals surface area contributed by atoms with Gasteiger partial charge in [0.05, 0.1) is 19.7 Å². The zero-order valence-corrected chi connectivity index (χ0v) is 15.5. The van der Waals surface area contributed by atoms with Crippen molar-refractivity contribution in [3.63, 3.8) is 0 Å². The minimum Gasteiger partial charge on any atom is -0.497 e. The highest BCUT2D eigenvalue weighted by Crippen LogP contribution is 2.37. The van der Waals surface area contributed by atoms with Crippen molar-refractivity contribution < 1.29 is 19.0 Å². The van der Waals surface area contributed by atoms with Crippen LogP contribution in [-0.4, -0.2) is 35.8 Å². The van der Waals surface area contributed by atoms with E-state index in [-0.39, 0.29) is 24.8 Å². The molecule has 7 heteroatoms. The van der Waals surface area contributed by atoms with Crippen molar-refractivity contribution in [2.45, 2.75) is 25.0 Å². The van der Waals surface area contributed by atoms with E-state index in [1.165, 1.54) is 0 Å². The molecule has 2 aromatic carbocycles. The molecule has 3 heterocycles. The lowest BCUT2D eigenvalue weighted by Crippen LogP contribution is -2.47. The lowest BCUT2D eigenvalue weighted by Gasteiger charge is -2.31. The molecule has 7 nitrogen and oxygen atoms in total. The van der Waals surface area contributed by atoms with Gasteiger partial charge < -0.3 is 24.1 Å². The van der Waals surface area contributed by atoms with Crippen LogP contribution in [0, 0.1) is 0 Å². The average molecular weight is 379 g/mol. The summed E-state index contributed by atoms with van der Waals surface area (Å²) in [5, 5.41) is 1.90. The van der Waals surface area contributed by atoms with Crippen LogP contribution in [0.15, 0.2) is 54.9 Å². The highest BCUT2D eigenvalue weighted by molar-refractivity contribution is 5.84. The molecule has 2 aromatic rings. The molecule has 3 aliphatic rings. The maximum absolute atomic E-state index is 13.0. The van der Waals surface area contributed by atoms with Crippen LogP contribution in [0.4, 0.5) is 0 Å². The maximum Gasteiger partial charge on any atom is 0.251 e. The molecule has 5 rings (SSSR count). The molecule has 0 saturated carbocycles. The number of ether oxygens (including phenoxy) is 3. The van der Waals surface area contributed by atoms with Crippen LogP contribution >= 0.6 is 0 Å². The number of carbonyl (C=O) groups excluding carboxylic acids is 1. The largest absolute Gasteiger partial charge is 0.497 e. The van der Waals surface area contributed by atoms with Crippen LogP contribution in [0.1, 0.15) is 23.6 Å². The molecule has 1 amide bonds. The number of hydrazine groups is 1. The molecule has 0 aromatic heterocycles. The number of benzene rings is 2. The monoisotopic (exact) mass is 379 g/mol. The van der Waals surface area contributed by atoms with Gasteiger partial charge in [-0.05, 0) is 41.8 Å². The number of methoxy groups -OCH3 is 1. The van der Waals surface area contributed by atoms with E-state index in [2.05, 4.69) is 5.43 Å². The van der Waals surface area contributed by atoms with E-state index >= 15 is 0 Å². The summed E-state index contributed by atoms with van der Waals surface area (Å²) in [4.78, 5) is 14.8. The van der Waals surface area contributed by atoms with E-state index < -0.39 is 0 Å². The highest BCUT2D eigenvalue weighted by atomic mass is 16.7. The quantitative estimate of drug-likeness (QED) is 0.881. The molecule has 2 unspecified atom stereocenters. The number of carbonyl (C=O) groups is 1. The third-order valence-corrected chi connectivity index (χ3v) is 5.39. The van der Waals surface area contributed by atoms with Crippen LogP contribution in [0.2, 0.25) is 0 Å². The summed E-state index contributed by atoms with van der Waals surface area (Å²) >= 11 is 0. The molecular weight excluding hydrogens is 358 g/mol. The molecule has 0 aliphatic carbocycles. The van der Waals surface area contributed by atoms with Crippen LogP contribution in [-0.2, 0) is 11.3 Å². The Kier molecular flexibility index (Phi) is 4.09. The second-order valence-corrected chi connectivity index (χ2v) is 7.07. The van der Waals surface area contributed by atoms with E-state index in [1.807, 2.05) is 59.9 Å². The Bertz CT molecular complexity index is 928. The molecule has 1 N–H and O–H groups in total. The number of fused-ring (bicyclic) bond motifs is 2. The van der Waals surface area contributed by atoms with Crippen LogP contribution in [0.25, 0.3) is 0 Å². The Balaban J connectivity index is 1.29. The summed E-state index contributed by atoms with van der Waals surface area (Å²) in [6, 6.07) is 13.5. The fourth-order valence-corrected chi connectivity index (χ4v) is 3.84. The first-order chi connectivity index (χ1) is 13.7. The predicted molar refractivity (Wildman–Crippen MR) is 101 cm³/mol. The van der Waals surface area contributed by atoms with Crippen molar-refractivity contribution in [2.75, 3.05) is 13.9 Å². The molecule has 1 saturated heterocycles. The average Bonchev–Trinajstić information content (AvgIpc) is 3.37. The standard InChI is InChI=1S/C21H21N3O4/c1-26-16-5-2-14(3-6-16)12-23-8-9-24-18(21(23)25)11-17(22-24)15-4-7-19-20(10-15)28-13-27-19/h2-10,17-18,22H,11-13H2,1H3. The van der Waals surface area contributed by atoms with Crippen molar-refractivity contribution in [2.24, 2.45) is 0 Å². The Hall–Kier alpha value is -3.19. The normalized spacial score (nSPS) is 22.5. The van der Waals surface area contributed by atoms with Gasteiger partial charge in [0.2, 0.25) is 6.79 Å². The van der Waals surface area contributed by atoms with E-state index in [0.717, 1.165) is 28.4 Å². The Morgan fingerprint density at radius 2 is 1.93 bits per heavy atom. The van der Waals surface area contributed by atoms with Crippen molar-refractivity contribution in [3.8, 4) is 17.2 Å². The topological polar surface area (TPSA) is 63.3 Å². The predicted octanol–water partition coefficient (Wildman–Crippen LogP) is 2.56. The number of nitrogens with one attached hydrogen (secondary N) is 1. The second-order valence-electron chi connectivity index (χ2n) is 7.07. The van der Waals surface area contributed by atoms with E-state index in [9.17, 15) is 4.79 Å². The summed E-state index contributed by atoms with van der Waals surface area (Å²) in [6.07, 6.45) is 4.46. The van der Waals surface area contributed by atoms with Crippen LogP contribution < -0.4 is 19.6 Å². The molecule has 0 bridgehead atoms. The molecule has 0 radical (unpaired) electrons. The van der Waals surface area contributed by atoms with E-state index in [1.54, 1.807) is 12.0 Å². The van der Waals surface area contributed by atoms with Crippen molar-refractivity contribution in [1.29, 1.82) is 0 Å². The van der Waals surface area contributed by atoms with Crippen LogP contribution in [0.5, 0.6) is 17.2 Å². The smallest absolute Gasteiger partial charge is 0.251 e. The SMILES string of the molecule is COc1ccc(CN2C=CN3NC(c4ccc5c(c4)OCO5)CC3C2=O)cc1. The Morgan fingerprint density at radius 3 is 2.75 bits per heavy atom. The van der Waals surface area contributed by atoms with Gasteiger partial charge >= 0.3 is 0 Å². The molecule has 28 heavy (non-hydrogen) atoms. The lowest BCUT2D eigenvalue weighted by molar-refractivity contribution is -0.134. The molecule has 0 spiro atoms. The molecular formula is C21H21N3O4. The number of amides is 1. The van der Waals surface area contributed by atoms with Gasteiger partial charge in [0.15, 0.2) is 11.5 Å². The van der Waals surface area contributed by atoms with Gasteiger partial charge in [-0.3, -0.25) is 4.79 Å². The van der Waals surface area contributed by atoms with Gasteiger partial charge in [-0.1, -0.05) is 18.2 Å². The lowest BCUT2D eigenvalue weighted by atomic mass is 10.0. The molecule has 3 aliphatic heterocycles. The third-order valence-electron chi connectivity index (χ3n) is 5.39. The number of nitrogens with zero attached hydrogens (tertiary/aromatic N) is 2. The Labute approximate surface area is 163 Å². The van der Waals surface area contributed by atoms with Gasteiger partial charge in [-0.2, -0.15) is 0 Å². The summed E-state index contributed by atoms with van der Waals surface area (Å²) in [7, 11) is 1.64. The first-order valence-corrected chi connectivity index (χ1v) is 9.27. The zero-order chi connectivity index (χ0) is 19.1. The van der Waals surface area contributed by atoms with Gasteiger partial charge in [-0.25, -0.2) is 5.43 Å². The second kappa shape index (κ2) is 6.76. The summed E-state index contributed by atoms with van der Waals surface area (Å²) in [6.45, 7) is 0.797. The third kappa shape index (κ3) is 2.93. The minimum atomic E-state index is -0.223. The van der Waals surface area contributed by atoms with Gasteiger partial charge in [-0.15, -0.1) is 0 Å². The molecule has 144 valence electrons. The summed E-state index contributed by atoms with van der Waals surface area (Å²) < 4.78 is 16.0. The molecule has 2 atom stereocenters. The van der Waals surface area contributed by atoms with Crippen molar-refractivity contribution in [3.05, 3.63) is 66.0 Å². The van der Waals surface area contributed by atoms with Gasteiger partial charge in [0.1, 0.15) is 11.8 Å². The zero-order valence-electron chi connectivity index (χ0n) is 15.5. The first kappa shape index (κ1) is 16.9.